The zero-order valence-corrected chi connectivity index (χ0v) is 17.5. The Kier molecular flexibility index (Phi) is 6.46. The largest absolute Gasteiger partial charge is 0.339 e. The van der Waals surface area contributed by atoms with Crippen molar-refractivity contribution in [3.63, 3.8) is 0 Å². The molecule has 2 heterocycles. The van der Waals surface area contributed by atoms with Gasteiger partial charge in [-0.15, -0.1) is 0 Å². The van der Waals surface area contributed by atoms with Crippen LogP contribution in [-0.4, -0.2) is 42.3 Å². The van der Waals surface area contributed by atoms with Gasteiger partial charge in [0, 0.05) is 38.0 Å². The molecule has 3 amide bonds. The van der Waals surface area contributed by atoms with Crippen molar-refractivity contribution in [3.8, 4) is 0 Å². The first kappa shape index (κ1) is 20.8. The van der Waals surface area contributed by atoms with Crippen molar-refractivity contribution < 1.29 is 14.4 Å². The Morgan fingerprint density at radius 1 is 0.935 bits per heavy atom. The highest BCUT2D eigenvalue weighted by atomic mass is 16.2. The number of likely N-dealkylation sites (tertiary alicyclic amines) is 1. The van der Waals surface area contributed by atoms with E-state index in [1.165, 1.54) is 0 Å². The van der Waals surface area contributed by atoms with E-state index in [1.807, 2.05) is 60.7 Å². The molecule has 6 nitrogen and oxygen atoms in total. The van der Waals surface area contributed by atoms with Crippen molar-refractivity contribution in [1.29, 1.82) is 0 Å². The number of nitrogens with one attached hydrogen (secondary N) is 1. The normalized spacial score (nSPS) is 17.4. The van der Waals surface area contributed by atoms with E-state index in [-0.39, 0.29) is 23.6 Å². The third-order valence-electron chi connectivity index (χ3n) is 5.92. The number of carbonyl (C=O) groups excluding carboxylic acids is 3. The monoisotopic (exact) mass is 417 g/mol. The molecule has 160 valence electrons. The second kappa shape index (κ2) is 9.60. The summed E-state index contributed by atoms with van der Waals surface area (Å²) in [6.45, 7) is 1.80. The van der Waals surface area contributed by atoms with Crippen molar-refractivity contribution in [2.45, 2.75) is 25.7 Å². The van der Waals surface area contributed by atoms with E-state index in [1.54, 1.807) is 15.9 Å². The van der Waals surface area contributed by atoms with Crippen LogP contribution in [0.25, 0.3) is 6.08 Å². The molecule has 0 radical (unpaired) electrons. The standard InChI is InChI=1S/C25H27N3O3/c29-23(13-12-19-7-2-1-3-8-19)27-17-14-20(15-18-27)25(31)26-21-9-4-5-10-22(21)28-16-6-11-24(28)30/h1-5,7-10,12-13,20H,6,11,14-18H2,(H,26,31). The predicted octanol–water partition coefficient (Wildman–Crippen LogP) is 3.70. The minimum absolute atomic E-state index is 0.0272. The number of rotatable bonds is 5. The minimum atomic E-state index is -0.149. The number of benzene rings is 2. The quantitative estimate of drug-likeness (QED) is 0.754. The van der Waals surface area contributed by atoms with Crippen LogP contribution in [0.2, 0.25) is 0 Å². The average molecular weight is 418 g/mol. The molecule has 31 heavy (non-hydrogen) atoms. The van der Waals surface area contributed by atoms with Crippen LogP contribution in [-0.2, 0) is 14.4 Å². The van der Waals surface area contributed by atoms with Gasteiger partial charge in [-0.1, -0.05) is 42.5 Å². The summed E-state index contributed by atoms with van der Waals surface area (Å²) in [7, 11) is 0. The average Bonchev–Trinajstić information content (AvgIpc) is 3.24. The first-order valence-electron chi connectivity index (χ1n) is 10.8. The van der Waals surface area contributed by atoms with Crippen LogP contribution in [0, 0.1) is 5.92 Å². The minimum Gasteiger partial charge on any atom is -0.339 e. The fourth-order valence-electron chi connectivity index (χ4n) is 4.15. The van der Waals surface area contributed by atoms with Gasteiger partial charge in [0.05, 0.1) is 11.4 Å². The smallest absolute Gasteiger partial charge is 0.246 e. The van der Waals surface area contributed by atoms with E-state index in [9.17, 15) is 14.4 Å². The Balaban J connectivity index is 1.32. The van der Waals surface area contributed by atoms with Gasteiger partial charge in [-0.25, -0.2) is 0 Å². The fraction of sp³-hybridized carbons (Fsp3) is 0.320. The van der Waals surface area contributed by atoms with Gasteiger partial charge >= 0.3 is 0 Å². The van der Waals surface area contributed by atoms with E-state index in [2.05, 4.69) is 5.32 Å². The van der Waals surface area contributed by atoms with Gasteiger partial charge in [-0.05, 0) is 43.0 Å². The lowest BCUT2D eigenvalue weighted by molar-refractivity contribution is -0.130. The van der Waals surface area contributed by atoms with Crippen molar-refractivity contribution in [2.75, 3.05) is 29.9 Å². The zero-order valence-electron chi connectivity index (χ0n) is 17.5. The van der Waals surface area contributed by atoms with Crippen LogP contribution in [0.5, 0.6) is 0 Å². The molecule has 0 aromatic heterocycles. The Morgan fingerprint density at radius 2 is 1.65 bits per heavy atom. The molecule has 0 atom stereocenters. The number of anilines is 2. The van der Waals surface area contributed by atoms with Gasteiger partial charge in [0.2, 0.25) is 17.7 Å². The first-order valence-corrected chi connectivity index (χ1v) is 10.8. The molecule has 0 aliphatic carbocycles. The maximum absolute atomic E-state index is 12.9. The molecular formula is C25H27N3O3. The summed E-state index contributed by atoms with van der Waals surface area (Å²) < 4.78 is 0. The maximum Gasteiger partial charge on any atom is 0.246 e. The predicted molar refractivity (Wildman–Crippen MR) is 121 cm³/mol. The summed E-state index contributed by atoms with van der Waals surface area (Å²) in [6, 6.07) is 17.2. The Labute approximate surface area is 182 Å². The fourth-order valence-corrected chi connectivity index (χ4v) is 4.15. The summed E-state index contributed by atoms with van der Waals surface area (Å²) in [4.78, 5) is 41.0. The maximum atomic E-state index is 12.9. The number of hydrogen-bond acceptors (Lipinski definition) is 3. The Bertz CT molecular complexity index is 979. The van der Waals surface area contributed by atoms with Gasteiger partial charge < -0.3 is 15.1 Å². The van der Waals surface area contributed by atoms with Crippen molar-refractivity contribution in [2.24, 2.45) is 5.92 Å². The van der Waals surface area contributed by atoms with Crippen LogP contribution in [0.15, 0.2) is 60.7 Å². The van der Waals surface area contributed by atoms with E-state index in [0.29, 0.717) is 44.6 Å². The van der Waals surface area contributed by atoms with E-state index >= 15 is 0 Å². The lowest BCUT2D eigenvalue weighted by Crippen LogP contribution is -2.40. The van der Waals surface area contributed by atoms with Gasteiger partial charge in [0.15, 0.2) is 0 Å². The van der Waals surface area contributed by atoms with Crippen LogP contribution in [0.4, 0.5) is 11.4 Å². The van der Waals surface area contributed by atoms with Crippen LogP contribution in [0.3, 0.4) is 0 Å². The van der Waals surface area contributed by atoms with Crippen LogP contribution < -0.4 is 10.2 Å². The van der Waals surface area contributed by atoms with Crippen LogP contribution >= 0.6 is 0 Å². The van der Waals surface area contributed by atoms with Gasteiger partial charge in [-0.3, -0.25) is 14.4 Å². The molecule has 0 bridgehead atoms. The highest BCUT2D eigenvalue weighted by Crippen LogP contribution is 2.30. The summed E-state index contributed by atoms with van der Waals surface area (Å²) >= 11 is 0. The lowest BCUT2D eigenvalue weighted by atomic mass is 9.95. The topological polar surface area (TPSA) is 69.7 Å². The summed E-state index contributed by atoms with van der Waals surface area (Å²) in [5.41, 5.74) is 2.42. The zero-order chi connectivity index (χ0) is 21.6. The number of nitrogens with zero attached hydrogens (tertiary/aromatic N) is 2. The summed E-state index contributed by atoms with van der Waals surface area (Å²) in [6.07, 6.45) is 6.06. The summed E-state index contributed by atoms with van der Waals surface area (Å²) in [5, 5.41) is 3.02. The number of amides is 3. The third-order valence-corrected chi connectivity index (χ3v) is 5.92. The second-order valence-corrected chi connectivity index (χ2v) is 8.00. The van der Waals surface area contributed by atoms with E-state index in [4.69, 9.17) is 0 Å². The Morgan fingerprint density at radius 3 is 2.35 bits per heavy atom. The highest BCUT2D eigenvalue weighted by Gasteiger charge is 2.28. The molecule has 0 saturated carbocycles. The van der Waals surface area contributed by atoms with Crippen LogP contribution in [0.1, 0.15) is 31.2 Å². The highest BCUT2D eigenvalue weighted by molar-refractivity contribution is 6.02. The second-order valence-electron chi connectivity index (χ2n) is 8.00. The number of para-hydroxylation sites is 2. The molecule has 0 spiro atoms. The van der Waals surface area contributed by atoms with Gasteiger partial charge in [0.25, 0.3) is 0 Å². The molecular weight excluding hydrogens is 390 g/mol. The molecule has 1 N–H and O–H groups in total. The molecule has 0 unspecified atom stereocenters. The molecule has 2 fully saturated rings. The molecule has 2 aliphatic heterocycles. The van der Waals surface area contributed by atoms with Crippen molar-refractivity contribution in [1.82, 2.24) is 4.90 Å². The number of piperidine rings is 1. The molecule has 4 rings (SSSR count). The summed E-state index contributed by atoms with van der Waals surface area (Å²) in [5.74, 6) is -0.131. The molecule has 2 aromatic rings. The number of carbonyl (C=O) groups is 3. The molecule has 2 aromatic carbocycles. The number of hydrogen-bond donors (Lipinski definition) is 1. The molecule has 6 heteroatoms. The molecule has 2 saturated heterocycles. The Hall–Kier alpha value is -3.41. The first-order chi connectivity index (χ1) is 15.1. The molecule has 2 aliphatic rings. The lowest BCUT2D eigenvalue weighted by Gasteiger charge is -2.31. The van der Waals surface area contributed by atoms with Crippen molar-refractivity contribution >= 4 is 35.2 Å². The van der Waals surface area contributed by atoms with E-state index < -0.39 is 0 Å². The van der Waals surface area contributed by atoms with E-state index in [0.717, 1.165) is 17.7 Å². The third kappa shape index (κ3) is 5.02. The SMILES string of the molecule is O=C(Nc1ccccc1N1CCCC1=O)C1CCN(C(=O)C=Cc2ccccc2)CC1. The van der Waals surface area contributed by atoms with Crippen molar-refractivity contribution in [3.05, 3.63) is 66.2 Å². The van der Waals surface area contributed by atoms with Gasteiger partial charge in [0.1, 0.15) is 0 Å². The van der Waals surface area contributed by atoms with Gasteiger partial charge in [-0.2, -0.15) is 0 Å².